The molecule has 19 heavy (non-hydrogen) atoms. The largest absolute Gasteiger partial charge is 0.394 e. The molecule has 0 radical (unpaired) electrons. The third-order valence-corrected chi connectivity index (χ3v) is 2.52. The van der Waals surface area contributed by atoms with Crippen LogP contribution >= 0.6 is 0 Å². The number of hydrogen-bond donors (Lipinski definition) is 3. The van der Waals surface area contributed by atoms with Crippen molar-refractivity contribution in [2.45, 2.75) is 13.1 Å². The van der Waals surface area contributed by atoms with Crippen LogP contribution in [0.4, 0.5) is 10.5 Å². The smallest absolute Gasteiger partial charge is 0.319 e. The molecule has 6 heteroatoms. The highest BCUT2D eigenvalue weighted by Gasteiger charge is 2.03. The number of carbonyl (C=O) groups excluding carboxylic acids is 1. The molecule has 1 aromatic heterocycles. The molecule has 0 aliphatic carbocycles. The minimum absolute atomic E-state index is 0.0152. The first-order valence-corrected chi connectivity index (χ1v) is 6.00. The molecule has 0 saturated carbocycles. The van der Waals surface area contributed by atoms with Gasteiger partial charge in [0.1, 0.15) is 0 Å². The molecular formula is C13H16N4O2. The maximum Gasteiger partial charge on any atom is 0.319 e. The molecule has 2 rings (SSSR count). The van der Waals surface area contributed by atoms with Gasteiger partial charge in [-0.15, -0.1) is 0 Å². The van der Waals surface area contributed by atoms with Gasteiger partial charge < -0.3 is 15.7 Å². The monoisotopic (exact) mass is 260 g/mol. The van der Waals surface area contributed by atoms with Crippen LogP contribution < -0.4 is 10.6 Å². The van der Waals surface area contributed by atoms with Crippen molar-refractivity contribution >= 4 is 11.7 Å². The summed E-state index contributed by atoms with van der Waals surface area (Å²) in [4.78, 5) is 11.6. The van der Waals surface area contributed by atoms with E-state index in [1.165, 1.54) is 6.20 Å². The Morgan fingerprint density at radius 1 is 1.32 bits per heavy atom. The maximum absolute atomic E-state index is 11.6. The van der Waals surface area contributed by atoms with E-state index in [1.54, 1.807) is 10.9 Å². The standard InChI is InChI=1S/C13H16N4O2/c18-7-6-17-10-12(9-15-17)16-13(19)14-8-11-4-2-1-3-5-11/h1-5,9-10,18H,6-8H2,(H2,14,16,19). The van der Waals surface area contributed by atoms with Crippen molar-refractivity contribution < 1.29 is 9.90 Å². The van der Waals surface area contributed by atoms with Crippen molar-refractivity contribution in [2.24, 2.45) is 0 Å². The molecule has 100 valence electrons. The predicted molar refractivity (Wildman–Crippen MR) is 71.6 cm³/mol. The van der Waals surface area contributed by atoms with E-state index < -0.39 is 0 Å². The first-order valence-electron chi connectivity index (χ1n) is 6.00. The lowest BCUT2D eigenvalue weighted by Crippen LogP contribution is -2.27. The fraction of sp³-hybridized carbons (Fsp3) is 0.231. The third-order valence-electron chi connectivity index (χ3n) is 2.52. The second kappa shape index (κ2) is 6.55. The Balaban J connectivity index is 1.80. The zero-order valence-electron chi connectivity index (χ0n) is 10.4. The highest BCUT2D eigenvalue weighted by Crippen LogP contribution is 2.04. The SMILES string of the molecule is O=C(NCc1ccccc1)Nc1cnn(CCO)c1. The summed E-state index contributed by atoms with van der Waals surface area (Å²) in [6.45, 7) is 0.895. The van der Waals surface area contributed by atoms with Crippen LogP contribution in [0, 0.1) is 0 Å². The fourth-order valence-corrected chi connectivity index (χ4v) is 1.61. The molecular weight excluding hydrogens is 244 g/mol. The van der Waals surface area contributed by atoms with Gasteiger partial charge in [0.2, 0.25) is 0 Å². The van der Waals surface area contributed by atoms with Gasteiger partial charge in [0.25, 0.3) is 0 Å². The van der Waals surface area contributed by atoms with Crippen LogP contribution in [0.1, 0.15) is 5.56 Å². The molecule has 2 amide bonds. The highest BCUT2D eigenvalue weighted by atomic mass is 16.3. The van der Waals surface area contributed by atoms with Crippen molar-refractivity contribution in [3.63, 3.8) is 0 Å². The Hall–Kier alpha value is -2.34. The molecule has 0 saturated heterocycles. The molecule has 6 nitrogen and oxygen atoms in total. The predicted octanol–water partition coefficient (Wildman–Crippen LogP) is 1.20. The van der Waals surface area contributed by atoms with Crippen LogP contribution in [0.15, 0.2) is 42.7 Å². The Bertz CT molecular complexity index is 524. The molecule has 2 aromatic rings. The van der Waals surface area contributed by atoms with Crippen molar-refractivity contribution in [3.8, 4) is 0 Å². The molecule has 0 atom stereocenters. The van der Waals surface area contributed by atoms with E-state index in [1.807, 2.05) is 30.3 Å². The van der Waals surface area contributed by atoms with Gasteiger partial charge in [-0.05, 0) is 5.56 Å². The molecule has 0 unspecified atom stereocenters. The van der Waals surface area contributed by atoms with Gasteiger partial charge >= 0.3 is 6.03 Å². The molecule has 1 aromatic carbocycles. The summed E-state index contributed by atoms with van der Waals surface area (Å²) in [7, 11) is 0. The minimum Gasteiger partial charge on any atom is -0.394 e. The van der Waals surface area contributed by atoms with Crippen LogP contribution in [-0.2, 0) is 13.1 Å². The number of nitrogens with one attached hydrogen (secondary N) is 2. The average Bonchev–Trinajstić information content (AvgIpc) is 2.85. The molecule has 1 heterocycles. The van der Waals surface area contributed by atoms with Crippen LogP contribution in [0.5, 0.6) is 0 Å². The number of nitrogens with zero attached hydrogens (tertiary/aromatic N) is 2. The zero-order chi connectivity index (χ0) is 13.5. The number of amides is 2. The van der Waals surface area contributed by atoms with E-state index in [0.717, 1.165) is 5.56 Å². The molecule has 3 N–H and O–H groups in total. The Kier molecular flexibility index (Phi) is 4.52. The summed E-state index contributed by atoms with van der Waals surface area (Å²) >= 11 is 0. The third kappa shape index (κ3) is 4.11. The molecule has 0 aliphatic heterocycles. The first-order chi connectivity index (χ1) is 9.28. The molecule has 0 bridgehead atoms. The maximum atomic E-state index is 11.6. The van der Waals surface area contributed by atoms with Gasteiger partial charge in [-0.1, -0.05) is 30.3 Å². The molecule has 0 aliphatic rings. The quantitative estimate of drug-likeness (QED) is 0.755. The molecule has 0 fully saturated rings. The van der Waals surface area contributed by atoms with Gasteiger partial charge in [-0.2, -0.15) is 5.10 Å². The first kappa shape index (κ1) is 13.1. The van der Waals surface area contributed by atoms with Crippen molar-refractivity contribution in [2.75, 3.05) is 11.9 Å². The van der Waals surface area contributed by atoms with Gasteiger partial charge in [-0.25, -0.2) is 4.79 Å². The van der Waals surface area contributed by atoms with Crippen molar-refractivity contribution in [1.29, 1.82) is 0 Å². The van der Waals surface area contributed by atoms with Crippen molar-refractivity contribution in [1.82, 2.24) is 15.1 Å². The zero-order valence-corrected chi connectivity index (χ0v) is 10.4. The van der Waals surface area contributed by atoms with Crippen LogP contribution in [0.2, 0.25) is 0 Å². The number of rotatable bonds is 5. The minimum atomic E-state index is -0.285. The second-order valence-electron chi connectivity index (χ2n) is 4.01. The average molecular weight is 260 g/mol. The van der Waals surface area contributed by atoms with Gasteiger partial charge in [0.05, 0.1) is 25.0 Å². The Labute approximate surface area is 111 Å². The summed E-state index contributed by atoms with van der Waals surface area (Å²) in [5, 5.41) is 18.2. The normalized spacial score (nSPS) is 10.2. The number of aromatic nitrogens is 2. The Morgan fingerprint density at radius 3 is 2.84 bits per heavy atom. The molecule has 0 spiro atoms. The number of hydrogen-bond acceptors (Lipinski definition) is 3. The summed E-state index contributed by atoms with van der Waals surface area (Å²) in [6, 6.07) is 9.38. The van der Waals surface area contributed by atoms with E-state index in [4.69, 9.17) is 5.11 Å². The van der Waals surface area contributed by atoms with Gasteiger partial charge in [0, 0.05) is 12.7 Å². The van der Waals surface area contributed by atoms with Crippen LogP contribution in [-0.4, -0.2) is 27.5 Å². The number of urea groups is 1. The number of aliphatic hydroxyl groups excluding tert-OH is 1. The topological polar surface area (TPSA) is 79.2 Å². The van der Waals surface area contributed by atoms with E-state index in [0.29, 0.717) is 18.8 Å². The lowest BCUT2D eigenvalue weighted by Gasteiger charge is -2.05. The number of carbonyl (C=O) groups is 1. The number of benzene rings is 1. The van der Waals surface area contributed by atoms with E-state index in [2.05, 4.69) is 15.7 Å². The summed E-state index contributed by atoms with van der Waals surface area (Å²) in [5.74, 6) is 0. The van der Waals surface area contributed by atoms with Gasteiger partial charge in [-0.3, -0.25) is 4.68 Å². The van der Waals surface area contributed by atoms with Crippen LogP contribution in [0.25, 0.3) is 0 Å². The number of aliphatic hydroxyl groups is 1. The van der Waals surface area contributed by atoms with Crippen LogP contribution in [0.3, 0.4) is 0 Å². The summed E-state index contributed by atoms with van der Waals surface area (Å²) < 4.78 is 1.56. The van der Waals surface area contributed by atoms with E-state index in [-0.39, 0.29) is 12.6 Å². The second-order valence-corrected chi connectivity index (χ2v) is 4.01. The summed E-state index contributed by atoms with van der Waals surface area (Å²) in [6.07, 6.45) is 3.20. The fourth-order valence-electron chi connectivity index (χ4n) is 1.61. The lowest BCUT2D eigenvalue weighted by atomic mass is 10.2. The Morgan fingerprint density at radius 2 is 2.11 bits per heavy atom. The number of anilines is 1. The highest BCUT2D eigenvalue weighted by molar-refractivity contribution is 5.88. The summed E-state index contributed by atoms with van der Waals surface area (Å²) in [5.41, 5.74) is 1.63. The van der Waals surface area contributed by atoms with Gasteiger partial charge in [0.15, 0.2) is 0 Å². The van der Waals surface area contributed by atoms with E-state index in [9.17, 15) is 4.79 Å². The lowest BCUT2D eigenvalue weighted by molar-refractivity contribution is 0.251. The van der Waals surface area contributed by atoms with Crippen molar-refractivity contribution in [3.05, 3.63) is 48.3 Å². The van der Waals surface area contributed by atoms with E-state index >= 15 is 0 Å².